The predicted octanol–water partition coefficient (Wildman–Crippen LogP) is 4.07. The van der Waals surface area contributed by atoms with Gasteiger partial charge >= 0.3 is 0 Å². The van der Waals surface area contributed by atoms with E-state index in [9.17, 15) is 0 Å². The molecule has 0 amide bonds. The van der Waals surface area contributed by atoms with E-state index in [0.29, 0.717) is 0 Å². The van der Waals surface area contributed by atoms with Gasteiger partial charge in [-0.25, -0.2) is 4.98 Å². The maximum atomic E-state index is 4.65. The number of nitrogens with zero attached hydrogens (tertiary/aromatic N) is 1. The number of benzene rings is 2. The highest BCUT2D eigenvalue weighted by Crippen LogP contribution is 2.22. The van der Waals surface area contributed by atoms with Crippen LogP contribution in [0.4, 0.5) is 0 Å². The molecule has 0 radical (unpaired) electrons. The van der Waals surface area contributed by atoms with E-state index in [1.165, 1.54) is 21.2 Å². The zero-order valence-electron chi connectivity index (χ0n) is 11.5. The smallest absolute Gasteiger partial charge is 0.108 e. The Morgan fingerprint density at radius 1 is 1.00 bits per heavy atom. The minimum atomic E-state index is 0.806. The van der Waals surface area contributed by atoms with Crippen molar-refractivity contribution in [2.75, 3.05) is 0 Å². The third-order valence-corrected chi connectivity index (χ3v) is 4.65. The molecular formula is C17H15N3S. The second-order valence-electron chi connectivity index (χ2n) is 5.03. The van der Waals surface area contributed by atoms with Gasteiger partial charge in [0.1, 0.15) is 5.01 Å². The topological polar surface area (TPSA) is 40.7 Å². The molecule has 4 rings (SSSR count). The number of hydrogen-bond donors (Lipinski definition) is 2. The van der Waals surface area contributed by atoms with Gasteiger partial charge in [-0.1, -0.05) is 24.3 Å². The van der Waals surface area contributed by atoms with E-state index in [-0.39, 0.29) is 0 Å². The second-order valence-corrected chi connectivity index (χ2v) is 6.15. The van der Waals surface area contributed by atoms with Crippen molar-refractivity contribution in [3.8, 4) is 0 Å². The van der Waals surface area contributed by atoms with E-state index < -0.39 is 0 Å². The molecule has 0 aliphatic heterocycles. The second kappa shape index (κ2) is 5.31. The standard InChI is InChI=1S/C17H15N3S/c1-2-7-16-15(5-1)20-17(21-16)11-18-10-12-4-3-6-14-13(12)8-9-19-14/h1-9,18-19H,10-11H2. The Kier molecular flexibility index (Phi) is 3.18. The molecule has 21 heavy (non-hydrogen) atoms. The molecule has 0 atom stereocenters. The molecule has 4 heteroatoms. The zero-order chi connectivity index (χ0) is 14.1. The number of thiazole rings is 1. The van der Waals surface area contributed by atoms with Crippen molar-refractivity contribution in [1.29, 1.82) is 0 Å². The fraction of sp³-hybridized carbons (Fsp3) is 0.118. The van der Waals surface area contributed by atoms with Gasteiger partial charge in [0.25, 0.3) is 0 Å². The number of H-pyrrole nitrogens is 1. The summed E-state index contributed by atoms with van der Waals surface area (Å²) in [6.07, 6.45) is 1.99. The van der Waals surface area contributed by atoms with Crippen LogP contribution in [0, 0.1) is 0 Å². The van der Waals surface area contributed by atoms with Crippen molar-refractivity contribution in [2.45, 2.75) is 13.1 Å². The molecule has 0 fully saturated rings. The summed E-state index contributed by atoms with van der Waals surface area (Å²) in [5, 5.41) is 5.92. The number of aromatic nitrogens is 2. The first-order chi connectivity index (χ1) is 10.4. The molecule has 0 aliphatic rings. The van der Waals surface area contributed by atoms with Crippen LogP contribution in [-0.4, -0.2) is 9.97 Å². The van der Waals surface area contributed by atoms with E-state index in [1.54, 1.807) is 11.3 Å². The molecule has 0 bridgehead atoms. The molecule has 0 unspecified atom stereocenters. The Hall–Kier alpha value is -2.17. The van der Waals surface area contributed by atoms with E-state index in [1.807, 2.05) is 12.3 Å². The monoisotopic (exact) mass is 293 g/mol. The normalized spacial score (nSPS) is 11.4. The summed E-state index contributed by atoms with van der Waals surface area (Å²) in [6.45, 7) is 1.66. The fourth-order valence-electron chi connectivity index (χ4n) is 2.60. The minimum Gasteiger partial charge on any atom is -0.361 e. The number of para-hydroxylation sites is 1. The summed E-state index contributed by atoms with van der Waals surface area (Å²) >= 11 is 1.76. The fourth-order valence-corrected chi connectivity index (χ4v) is 3.54. The minimum absolute atomic E-state index is 0.806. The molecule has 2 aromatic carbocycles. The molecule has 104 valence electrons. The van der Waals surface area contributed by atoms with Crippen LogP contribution in [0.3, 0.4) is 0 Å². The van der Waals surface area contributed by atoms with Crippen LogP contribution in [0.25, 0.3) is 21.1 Å². The van der Waals surface area contributed by atoms with Crippen LogP contribution in [0.5, 0.6) is 0 Å². The van der Waals surface area contributed by atoms with Crippen molar-refractivity contribution >= 4 is 32.5 Å². The molecule has 3 nitrogen and oxygen atoms in total. The Bertz CT molecular complexity index is 858. The third kappa shape index (κ3) is 2.44. The summed E-state index contributed by atoms with van der Waals surface area (Å²) in [4.78, 5) is 7.89. The van der Waals surface area contributed by atoms with E-state index in [4.69, 9.17) is 0 Å². The van der Waals surface area contributed by atoms with Gasteiger partial charge in [0.15, 0.2) is 0 Å². The quantitative estimate of drug-likeness (QED) is 0.595. The zero-order valence-corrected chi connectivity index (χ0v) is 12.3. The first-order valence-electron chi connectivity index (χ1n) is 7.00. The third-order valence-electron chi connectivity index (χ3n) is 3.62. The Morgan fingerprint density at radius 3 is 2.90 bits per heavy atom. The Balaban J connectivity index is 1.48. The lowest BCUT2D eigenvalue weighted by atomic mass is 10.1. The van der Waals surface area contributed by atoms with Crippen LogP contribution in [0.2, 0.25) is 0 Å². The summed E-state index contributed by atoms with van der Waals surface area (Å²) in [5.74, 6) is 0. The van der Waals surface area contributed by atoms with Crippen LogP contribution in [0.15, 0.2) is 54.7 Å². The van der Waals surface area contributed by atoms with E-state index in [2.05, 4.69) is 57.7 Å². The molecule has 2 N–H and O–H groups in total. The lowest BCUT2D eigenvalue weighted by Crippen LogP contribution is -2.12. The average molecular weight is 293 g/mol. The van der Waals surface area contributed by atoms with Crippen LogP contribution < -0.4 is 5.32 Å². The highest BCUT2D eigenvalue weighted by molar-refractivity contribution is 7.18. The highest BCUT2D eigenvalue weighted by Gasteiger charge is 2.04. The highest BCUT2D eigenvalue weighted by atomic mass is 32.1. The summed E-state index contributed by atoms with van der Waals surface area (Å²) in [7, 11) is 0. The van der Waals surface area contributed by atoms with Crippen LogP contribution in [-0.2, 0) is 13.1 Å². The number of hydrogen-bond acceptors (Lipinski definition) is 3. The lowest BCUT2D eigenvalue weighted by Gasteiger charge is -2.04. The summed E-state index contributed by atoms with van der Waals surface area (Å²) in [6, 6.07) is 16.8. The van der Waals surface area contributed by atoms with Crippen molar-refractivity contribution in [3.63, 3.8) is 0 Å². The first kappa shape index (κ1) is 12.6. The first-order valence-corrected chi connectivity index (χ1v) is 7.82. The van der Waals surface area contributed by atoms with Gasteiger partial charge in [-0.2, -0.15) is 0 Å². The van der Waals surface area contributed by atoms with Crippen molar-refractivity contribution < 1.29 is 0 Å². The number of fused-ring (bicyclic) bond motifs is 2. The van der Waals surface area contributed by atoms with Gasteiger partial charge < -0.3 is 10.3 Å². The largest absolute Gasteiger partial charge is 0.361 e. The maximum absolute atomic E-state index is 4.65. The molecular weight excluding hydrogens is 278 g/mol. The van der Waals surface area contributed by atoms with Crippen molar-refractivity contribution in [3.05, 3.63) is 65.3 Å². The maximum Gasteiger partial charge on any atom is 0.108 e. The van der Waals surface area contributed by atoms with Gasteiger partial charge in [0.2, 0.25) is 0 Å². The lowest BCUT2D eigenvalue weighted by molar-refractivity contribution is 0.694. The van der Waals surface area contributed by atoms with Gasteiger partial charge in [-0.15, -0.1) is 11.3 Å². The van der Waals surface area contributed by atoms with Gasteiger partial charge in [-0.05, 0) is 29.8 Å². The van der Waals surface area contributed by atoms with Crippen LogP contribution >= 0.6 is 11.3 Å². The van der Waals surface area contributed by atoms with Gasteiger partial charge in [0, 0.05) is 30.2 Å². The van der Waals surface area contributed by atoms with Crippen LogP contribution in [0.1, 0.15) is 10.6 Å². The van der Waals surface area contributed by atoms with Crippen molar-refractivity contribution in [2.24, 2.45) is 0 Å². The van der Waals surface area contributed by atoms with Gasteiger partial charge in [0.05, 0.1) is 10.2 Å². The van der Waals surface area contributed by atoms with E-state index >= 15 is 0 Å². The molecule has 2 heterocycles. The number of nitrogens with one attached hydrogen (secondary N) is 2. The molecule has 0 saturated heterocycles. The molecule has 0 aliphatic carbocycles. The molecule has 0 saturated carbocycles. The molecule has 4 aromatic rings. The predicted molar refractivity (Wildman–Crippen MR) is 88.5 cm³/mol. The SMILES string of the molecule is c1ccc2sc(CNCc3cccc4[nH]ccc34)nc2c1. The van der Waals surface area contributed by atoms with Gasteiger partial charge in [-0.3, -0.25) is 0 Å². The molecule has 2 aromatic heterocycles. The Morgan fingerprint density at radius 2 is 1.95 bits per heavy atom. The summed E-state index contributed by atoms with van der Waals surface area (Å²) in [5.41, 5.74) is 3.59. The average Bonchev–Trinajstić information content (AvgIpc) is 3.13. The Labute approximate surface area is 126 Å². The molecule has 0 spiro atoms. The number of rotatable bonds is 4. The van der Waals surface area contributed by atoms with E-state index in [0.717, 1.165) is 23.6 Å². The number of aromatic amines is 1. The summed E-state index contributed by atoms with van der Waals surface area (Å²) < 4.78 is 1.25. The van der Waals surface area contributed by atoms with Crippen molar-refractivity contribution in [1.82, 2.24) is 15.3 Å².